The van der Waals surface area contributed by atoms with E-state index in [1.54, 1.807) is 0 Å². The van der Waals surface area contributed by atoms with Crippen LogP contribution in [0.1, 0.15) is 17.5 Å². The molecular formula is C12H11Br. The Kier molecular flexibility index (Phi) is 4.35. The quantitative estimate of drug-likeness (QED) is 0.555. The van der Waals surface area contributed by atoms with Crippen LogP contribution in [-0.2, 0) is 0 Å². The number of allylic oxidation sites excluding steroid dienone is 1. The molecule has 0 amide bonds. The molecule has 13 heavy (non-hydrogen) atoms. The number of halogens is 1. The molecule has 0 spiro atoms. The van der Waals surface area contributed by atoms with Gasteiger partial charge in [0.05, 0.1) is 0 Å². The van der Waals surface area contributed by atoms with E-state index >= 15 is 0 Å². The molecular weight excluding hydrogens is 224 g/mol. The summed E-state index contributed by atoms with van der Waals surface area (Å²) in [7, 11) is 0. The first kappa shape index (κ1) is 10.1. The van der Waals surface area contributed by atoms with Gasteiger partial charge in [0, 0.05) is 10.9 Å². The summed E-state index contributed by atoms with van der Waals surface area (Å²) in [5, 5.41) is 0.998. The van der Waals surface area contributed by atoms with Gasteiger partial charge in [0.25, 0.3) is 0 Å². The van der Waals surface area contributed by atoms with Gasteiger partial charge in [-0.3, -0.25) is 0 Å². The Balaban J connectivity index is 2.73. The summed E-state index contributed by atoms with van der Waals surface area (Å²) in [4.78, 5) is 0. The third kappa shape index (κ3) is 3.48. The van der Waals surface area contributed by atoms with Gasteiger partial charge in [-0.1, -0.05) is 46.1 Å². The molecule has 0 nitrogen and oxygen atoms in total. The van der Waals surface area contributed by atoms with Crippen LogP contribution in [0.15, 0.2) is 30.3 Å². The third-order valence-electron chi connectivity index (χ3n) is 1.64. The Morgan fingerprint density at radius 3 is 3.00 bits per heavy atom. The van der Waals surface area contributed by atoms with Crippen LogP contribution in [0, 0.1) is 12.3 Å². The van der Waals surface area contributed by atoms with Gasteiger partial charge in [-0.2, -0.15) is 0 Å². The molecule has 0 saturated heterocycles. The average molecular weight is 235 g/mol. The predicted octanol–water partition coefficient (Wildman–Crippen LogP) is 3.47. The minimum Gasteiger partial charge on any atom is -0.115 e. The number of alkyl halides is 1. The summed E-state index contributed by atoms with van der Waals surface area (Å²) in [6.07, 6.45) is 10.5. The molecule has 0 aromatic heterocycles. The zero-order valence-corrected chi connectivity index (χ0v) is 8.92. The van der Waals surface area contributed by atoms with Crippen molar-refractivity contribution in [3.63, 3.8) is 0 Å². The molecule has 0 heterocycles. The number of hydrogen-bond donors (Lipinski definition) is 0. The zero-order valence-electron chi connectivity index (χ0n) is 7.33. The maximum absolute atomic E-state index is 5.29. The van der Waals surface area contributed by atoms with Crippen molar-refractivity contribution in [3.8, 4) is 12.3 Å². The lowest BCUT2D eigenvalue weighted by molar-refractivity contribution is 1.27. The van der Waals surface area contributed by atoms with E-state index in [2.05, 4.69) is 34.0 Å². The molecule has 1 aromatic rings. The SMILES string of the molecule is C#Cc1cccc(C=CCCBr)c1. The van der Waals surface area contributed by atoms with Gasteiger partial charge in [0.1, 0.15) is 0 Å². The summed E-state index contributed by atoms with van der Waals surface area (Å²) in [5.41, 5.74) is 2.09. The largest absolute Gasteiger partial charge is 0.115 e. The normalized spacial score (nSPS) is 10.2. The van der Waals surface area contributed by atoms with Crippen molar-refractivity contribution >= 4 is 22.0 Å². The van der Waals surface area contributed by atoms with Gasteiger partial charge in [-0.25, -0.2) is 0 Å². The first-order chi connectivity index (χ1) is 6.36. The molecule has 0 unspecified atom stereocenters. The first-order valence-corrected chi connectivity index (χ1v) is 5.28. The van der Waals surface area contributed by atoms with Gasteiger partial charge in [0.15, 0.2) is 0 Å². The minimum atomic E-state index is 0.931. The van der Waals surface area contributed by atoms with Crippen molar-refractivity contribution < 1.29 is 0 Å². The Labute approximate surface area is 87.8 Å². The molecule has 0 N–H and O–H groups in total. The molecule has 0 fully saturated rings. The van der Waals surface area contributed by atoms with E-state index < -0.39 is 0 Å². The lowest BCUT2D eigenvalue weighted by Crippen LogP contribution is -1.76. The average Bonchev–Trinajstić information content (AvgIpc) is 2.19. The fourth-order valence-electron chi connectivity index (χ4n) is 1.01. The topological polar surface area (TPSA) is 0 Å². The fourth-order valence-corrected chi connectivity index (χ4v) is 1.28. The van der Waals surface area contributed by atoms with Crippen molar-refractivity contribution in [2.24, 2.45) is 0 Å². The van der Waals surface area contributed by atoms with Crippen LogP contribution in [0.4, 0.5) is 0 Å². The maximum Gasteiger partial charge on any atom is 0.0248 e. The van der Waals surface area contributed by atoms with Crippen LogP contribution in [0.5, 0.6) is 0 Å². The highest BCUT2D eigenvalue weighted by Crippen LogP contribution is 2.06. The van der Waals surface area contributed by atoms with E-state index in [1.165, 1.54) is 0 Å². The van der Waals surface area contributed by atoms with E-state index in [9.17, 15) is 0 Å². The summed E-state index contributed by atoms with van der Waals surface area (Å²) < 4.78 is 0. The number of benzene rings is 1. The lowest BCUT2D eigenvalue weighted by Gasteiger charge is -1.94. The predicted molar refractivity (Wildman–Crippen MR) is 61.8 cm³/mol. The minimum absolute atomic E-state index is 0.931. The Hall–Kier alpha value is -1.00. The number of terminal acetylenes is 1. The van der Waals surface area contributed by atoms with Crippen LogP contribution in [-0.4, -0.2) is 5.33 Å². The molecule has 0 aliphatic carbocycles. The highest BCUT2D eigenvalue weighted by atomic mass is 79.9. The smallest absolute Gasteiger partial charge is 0.0248 e. The maximum atomic E-state index is 5.29. The summed E-state index contributed by atoms with van der Waals surface area (Å²) in [6, 6.07) is 7.96. The monoisotopic (exact) mass is 234 g/mol. The van der Waals surface area contributed by atoms with Crippen LogP contribution in [0.2, 0.25) is 0 Å². The van der Waals surface area contributed by atoms with E-state index in [0.717, 1.165) is 22.9 Å². The van der Waals surface area contributed by atoms with E-state index in [-0.39, 0.29) is 0 Å². The summed E-state index contributed by atoms with van der Waals surface area (Å²) >= 11 is 3.37. The summed E-state index contributed by atoms with van der Waals surface area (Å²) in [6.45, 7) is 0. The first-order valence-electron chi connectivity index (χ1n) is 4.16. The van der Waals surface area contributed by atoms with Gasteiger partial charge in [-0.15, -0.1) is 6.42 Å². The van der Waals surface area contributed by atoms with Crippen LogP contribution >= 0.6 is 15.9 Å². The van der Waals surface area contributed by atoms with E-state index in [4.69, 9.17) is 6.42 Å². The zero-order chi connectivity index (χ0) is 9.52. The third-order valence-corrected chi connectivity index (χ3v) is 2.10. The lowest BCUT2D eigenvalue weighted by atomic mass is 10.1. The second-order valence-corrected chi connectivity index (χ2v) is 3.44. The van der Waals surface area contributed by atoms with E-state index in [0.29, 0.717) is 0 Å². The second kappa shape index (κ2) is 5.61. The Morgan fingerprint density at radius 1 is 1.46 bits per heavy atom. The fraction of sp³-hybridized carbons (Fsp3) is 0.167. The summed E-state index contributed by atoms with van der Waals surface area (Å²) in [5.74, 6) is 2.61. The molecule has 0 saturated carbocycles. The molecule has 0 atom stereocenters. The Morgan fingerprint density at radius 2 is 2.31 bits per heavy atom. The van der Waals surface area contributed by atoms with Crippen LogP contribution in [0.3, 0.4) is 0 Å². The van der Waals surface area contributed by atoms with Crippen molar-refractivity contribution in [2.75, 3.05) is 5.33 Å². The molecule has 0 aliphatic rings. The van der Waals surface area contributed by atoms with Crippen molar-refractivity contribution in [2.45, 2.75) is 6.42 Å². The Bertz CT molecular complexity index is 331. The highest BCUT2D eigenvalue weighted by molar-refractivity contribution is 9.09. The van der Waals surface area contributed by atoms with Gasteiger partial charge >= 0.3 is 0 Å². The van der Waals surface area contributed by atoms with Crippen molar-refractivity contribution in [1.29, 1.82) is 0 Å². The molecule has 1 heteroatoms. The molecule has 0 aliphatic heterocycles. The van der Waals surface area contributed by atoms with Crippen LogP contribution < -0.4 is 0 Å². The molecule has 66 valence electrons. The molecule has 0 bridgehead atoms. The molecule has 1 rings (SSSR count). The van der Waals surface area contributed by atoms with Crippen molar-refractivity contribution in [1.82, 2.24) is 0 Å². The van der Waals surface area contributed by atoms with Gasteiger partial charge < -0.3 is 0 Å². The van der Waals surface area contributed by atoms with Crippen molar-refractivity contribution in [3.05, 3.63) is 41.5 Å². The number of hydrogen-bond acceptors (Lipinski definition) is 0. The van der Waals surface area contributed by atoms with Crippen LogP contribution in [0.25, 0.3) is 6.08 Å². The highest BCUT2D eigenvalue weighted by Gasteiger charge is 1.88. The second-order valence-electron chi connectivity index (χ2n) is 2.65. The molecule has 0 radical (unpaired) electrons. The van der Waals surface area contributed by atoms with Gasteiger partial charge in [0.2, 0.25) is 0 Å². The van der Waals surface area contributed by atoms with Gasteiger partial charge in [-0.05, 0) is 24.1 Å². The van der Waals surface area contributed by atoms with E-state index in [1.807, 2.05) is 24.3 Å². The number of rotatable bonds is 3. The molecule has 1 aromatic carbocycles. The standard InChI is InChI=1S/C12H11Br/c1-2-11-7-5-8-12(10-11)6-3-4-9-13/h1,3,5-8,10H,4,9H2.